The highest BCUT2D eigenvalue weighted by Gasteiger charge is 2.41. The number of aryl methyl sites for hydroxylation is 1. The third-order valence-electron chi connectivity index (χ3n) is 1.96. The molecule has 0 atom stereocenters. The first kappa shape index (κ1) is 14.1. The Kier molecular flexibility index (Phi) is 4.64. The van der Waals surface area contributed by atoms with Gasteiger partial charge in [-0.1, -0.05) is 0 Å². The zero-order valence-electron chi connectivity index (χ0n) is 8.88. The topological polar surface area (TPSA) is 26.3 Å². The van der Waals surface area contributed by atoms with E-state index in [1.807, 2.05) is 0 Å². The van der Waals surface area contributed by atoms with Crippen LogP contribution >= 0.6 is 11.3 Å². The number of carbonyl (C=O) groups is 1. The normalized spacial score (nSPS) is 12.1. The van der Waals surface area contributed by atoms with Crippen molar-refractivity contribution in [1.82, 2.24) is 0 Å². The first-order valence-electron chi connectivity index (χ1n) is 4.65. The molecule has 96 valence electrons. The maximum Gasteiger partial charge on any atom is 0.330 e. The summed E-state index contributed by atoms with van der Waals surface area (Å²) in [6.07, 6.45) is -3.79. The van der Waals surface area contributed by atoms with Crippen molar-refractivity contribution < 1.29 is 27.1 Å². The zero-order valence-corrected chi connectivity index (χ0v) is 9.70. The first-order valence-corrected chi connectivity index (χ1v) is 5.53. The van der Waals surface area contributed by atoms with Gasteiger partial charge < -0.3 is 4.74 Å². The van der Waals surface area contributed by atoms with Crippen LogP contribution in [0.4, 0.5) is 17.6 Å². The Bertz CT molecular complexity index is 389. The van der Waals surface area contributed by atoms with Crippen molar-refractivity contribution in [3.8, 4) is 0 Å². The van der Waals surface area contributed by atoms with Gasteiger partial charge in [-0.25, -0.2) is 8.78 Å². The molecule has 1 heterocycles. The second-order valence-corrected chi connectivity index (χ2v) is 4.33. The summed E-state index contributed by atoms with van der Waals surface area (Å²) in [5, 5.41) is 1.68. The van der Waals surface area contributed by atoms with Gasteiger partial charge in [-0.2, -0.15) is 8.78 Å². The monoisotopic (exact) mass is 270 g/mol. The Hall–Kier alpha value is -0.950. The minimum atomic E-state index is -4.22. The lowest BCUT2D eigenvalue weighted by atomic mass is 10.2. The van der Waals surface area contributed by atoms with E-state index in [-0.39, 0.29) is 0 Å². The number of Topliss-reactive ketones (excluding diaryl/α,β-unsaturated/α-hetero) is 1. The average Bonchev–Trinajstić information content (AvgIpc) is 2.63. The molecule has 0 aliphatic heterocycles. The summed E-state index contributed by atoms with van der Waals surface area (Å²) in [6.45, 7) is -0.387. The van der Waals surface area contributed by atoms with Crippen LogP contribution in [0.1, 0.15) is 15.2 Å². The molecule has 0 fully saturated rings. The summed E-state index contributed by atoms with van der Waals surface area (Å²) in [6, 6.07) is 1.70. The van der Waals surface area contributed by atoms with Gasteiger partial charge in [-0.15, -0.1) is 11.3 Å². The van der Waals surface area contributed by atoms with E-state index < -0.39 is 31.3 Å². The van der Waals surface area contributed by atoms with E-state index in [9.17, 15) is 22.4 Å². The van der Waals surface area contributed by atoms with E-state index in [4.69, 9.17) is 0 Å². The minimum absolute atomic E-state index is 0.394. The van der Waals surface area contributed by atoms with Gasteiger partial charge in [0, 0.05) is 0 Å². The Morgan fingerprint density at radius 1 is 1.53 bits per heavy atom. The highest BCUT2D eigenvalue weighted by Crippen LogP contribution is 2.23. The molecule has 0 spiro atoms. The van der Waals surface area contributed by atoms with Crippen LogP contribution in [0.3, 0.4) is 0 Å². The van der Waals surface area contributed by atoms with Gasteiger partial charge in [0.05, 0.1) is 4.88 Å². The van der Waals surface area contributed by atoms with Crippen molar-refractivity contribution >= 4 is 17.1 Å². The zero-order chi connectivity index (χ0) is 13.1. The number of halogens is 4. The lowest BCUT2D eigenvalue weighted by Crippen LogP contribution is -2.33. The lowest BCUT2D eigenvalue weighted by Gasteiger charge is -2.14. The Morgan fingerprint density at radius 2 is 2.18 bits per heavy atom. The first-order chi connectivity index (χ1) is 7.84. The van der Waals surface area contributed by atoms with Crippen LogP contribution in [0.25, 0.3) is 0 Å². The van der Waals surface area contributed by atoms with E-state index >= 15 is 0 Å². The summed E-state index contributed by atoms with van der Waals surface area (Å²) in [7, 11) is 0. The van der Waals surface area contributed by atoms with E-state index in [0.717, 1.165) is 11.3 Å². The molecule has 0 amide bonds. The van der Waals surface area contributed by atoms with Crippen LogP contribution in [0.2, 0.25) is 0 Å². The van der Waals surface area contributed by atoms with Crippen molar-refractivity contribution in [2.75, 3.05) is 13.2 Å². The van der Waals surface area contributed by atoms with Gasteiger partial charge in [-0.3, -0.25) is 4.79 Å². The predicted octanol–water partition coefficient (Wildman–Crippen LogP) is 3.16. The molecule has 1 aromatic rings. The standard InChI is InChI=1S/C10H10F4O2S/c1-6-2-3-17-8(6)7(15)4-16-5-10(13,14)9(11)12/h2-3,9H,4-5H2,1H3. The van der Waals surface area contributed by atoms with Crippen molar-refractivity contribution in [3.05, 3.63) is 21.9 Å². The van der Waals surface area contributed by atoms with Gasteiger partial charge in [0.1, 0.15) is 13.2 Å². The highest BCUT2D eigenvalue weighted by molar-refractivity contribution is 7.12. The van der Waals surface area contributed by atoms with E-state index in [1.54, 1.807) is 18.4 Å². The molecule has 0 aromatic carbocycles. The van der Waals surface area contributed by atoms with Gasteiger partial charge in [0.2, 0.25) is 0 Å². The van der Waals surface area contributed by atoms with Crippen LogP contribution in [0.15, 0.2) is 11.4 Å². The molecule has 0 N–H and O–H groups in total. The number of thiophene rings is 1. The largest absolute Gasteiger partial charge is 0.367 e. The summed E-state index contributed by atoms with van der Waals surface area (Å²) < 4.78 is 52.7. The van der Waals surface area contributed by atoms with Crippen LogP contribution in [-0.2, 0) is 4.74 Å². The maximum absolute atomic E-state index is 12.4. The summed E-state index contributed by atoms with van der Waals surface area (Å²) >= 11 is 1.16. The van der Waals surface area contributed by atoms with Crippen molar-refractivity contribution in [2.24, 2.45) is 0 Å². The van der Waals surface area contributed by atoms with E-state index in [0.29, 0.717) is 10.4 Å². The lowest BCUT2D eigenvalue weighted by molar-refractivity contribution is -0.163. The molecular formula is C10H10F4O2S. The number of hydrogen-bond acceptors (Lipinski definition) is 3. The predicted molar refractivity (Wildman–Crippen MR) is 55.2 cm³/mol. The number of alkyl halides is 4. The molecule has 0 saturated carbocycles. The molecule has 0 bridgehead atoms. The number of carbonyl (C=O) groups excluding carboxylic acids is 1. The van der Waals surface area contributed by atoms with Crippen LogP contribution in [-0.4, -0.2) is 31.3 Å². The summed E-state index contributed by atoms with van der Waals surface area (Å²) in [5.41, 5.74) is 0.712. The Balaban J connectivity index is 2.43. The molecule has 0 aliphatic rings. The van der Waals surface area contributed by atoms with Gasteiger partial charge in [0.15, 0.2) is 5.78 Å². The molecule has 1 rings (SSSR count). The van der Waals surface area contributed by atoms with Crippen LogP contribution in [0.5, 0.6) is 0 Å². The van der Waals surface area contributed by atoms with E-state index in [2.05, 4.69) is 4.74 Å². The van der Waals surface area contributed by atoms with Crippen molar-refractivity contribution in [2.45, 2.75) is 19.3 Å². The molecule has 1 aromatic heterocycles. The third kappa shape index (κ3) is 3.78. The Morgan fingerprint density at radius 3 is 2.65 bits per heavy atom. The second-order valence-electron chi connectivity index (χ2n) is 3.41. The molecule has 0 radical (unpaired) electrons. The van der Waals surface area contributed by atoms with Gasteiger partial charge in [0.25, 0.3) is 0 Å². The van der Waals surface area contributed by atoms with Crippen molar-refractivity contribution in [3.63, 3.8) is 0 Å². The molecule has 0 unspecified atom stereocenters. The molecule has 0 saturated heterocycles. The average molecular weight is 270 g/mol. The van der Waals surface area contributed by atoms with Crippen LogP contribution < -0.4 is 0 Å². The second kappa shape index (κ2) is 5.59. The SMILES string of the molecule is Cc1ccsc1C(=O)COCC(F)(F)C(F)F. The molecule has 0 aliphatic carbocycles. The van der Waals surface area contributed by atoms with E-state index in [1.165, 1.54) is 0 Å². The fourth-order valence-electron chi connectivity index (χ4n) is 1.07. The van der Waals surface area contributed by atoms with Gasteiger partial charge >= 0.3 is 12.3 Å². The quantitative estimate of drug-likeness (QED) is 0.586. The number of rotatable bonds is 6. The molecule has 17 heavy (non-hydrogen) atoms. The van der Waals surface area contributed by atoms with Gasteiger partial charge in [-0.05, 0) is 23.9 Å². The molecular weight excluding hydrogens is 260 g/mol. The maximum atomic E-state index is 12.4. The smallest absolute Gasteiger partial charge is 0.330 e. The number of ether oxygens (including phenoxy) is 1. The number of ketones is 1. The minimum Gasteiger partial charge on any atom is -0.367 e. The van der Waals surface area contributed by atoms with Crippen molar-refractivity contribution in [1.29, 1.82) is 0 Å². The highest BCUT2D eigenvalue weighted by atomic mass is 32.1. The number of hydrogen-bond donors (Lipinski definition) is 0. The fraction of sp³-hybridized carbons (Fsp3) is 0.500. The molecule has 7 heteroatoms. The summed E-state index contributed by atoms with van der Waals surface area (Å²) in [4.78, 5) is 11.8. The Labute approximate surface area is 99.2 Å². The fourth-order valence-corrected chi connectivity index (χ4v) is 1.92. The molecule has 2 nitrogen and oxygen atoms in total. The summed E-state index contributed by atoms with van der Waals surface area (Å²) in [5.74, 6) is -4.70. The van der Waals surface area contributed by atoms with Crippen LogP contribution in [0, 0.1) is 6.92 Å². The third-order valence-corrected chi connectivity index (χ3v) is 3.02.